The fourth-order valence-electron chi connectivity index (χ4n) is 4.18. The highest BCUT2D eigenvalue weighted by Gasteiger charge is 2.24. The number of alkyl halides is 2. The molecule has 4 rings (SSSR count). The second-order valence-electron chi connectivity index (χ2n) is 8.75. The first-order valence-electron chi connectivity index (χ1n) is 11.3. The lowest BCUT2D eigenvalue weighted by Gasteiger charge is -2.36. The van der Waals surface area contributed by atoms with Crippen LogP contribution in [0.25, 0.3) is 10.9 Å². The molecule has 1 fully saturated rings. The number of aryl methyl sites for hydroxylation is 1. The number of hydrogen-bond donors (Lipinski definition) is 1. The molecule has 1 aliphatic rings. The van der Waals surface area contributed by atoms with Gasteiger partial charge in [-0.05, 0) is 19.9 Å². The summed E-state index contributed by atoms with van der Waals surface area (Å²) in [6, 6.07) is 5.21. The van der Waals surface area contributed by atoms with Gasteiger partial charge in [-0.25, -0.2) is 32.9 Å². The first-order valence-corrected chi connectivity index (χ1v) is 11.3. The summed E-state index contributed by atoms with van der Waals surface area (Å²) in [7, 11) is 3.46. The first-order chi connectivity index (χ1) is 16.7. The van der Waals surface area contributed by atoms with Crippen LogP contribution in [0.1, 0.15) is 36.3 Å². The van der Waals surface area contributed by atoms with Gasteiger partial charge in [0.1, 0.15) is 23.3 Å². The van der Waals surface area contributed by atoms with Crippen molar-refractivity contribution in [2.45, 2.75) is 26.3 Å². The molecule has 11 heteroatoms. The van der Waals surface area contributed by atoms with Gasteiger partial charge in [0.05, 0.1) is 23.3 Å². The van der Waals surface area contributed by atoms with Gasteiger partial charge in [-0.15, -0.1) is 0 Å². The second kappa shape index (κ2) is 9.93. The lowest BCUT2D eigenvalue weighted by Crippen LogP contribution is -2.51. The van der Waals surface area contributed by atoms with E-state index in [9.17, 15) is 18.0 Å². The number of benzene rings is 1. The van der Waals surface area contributed by atoms with Crippen LogP contribution in [-0.2, 0) is 0 Å². The molecule has 35 heavy (non-hydrogen) atoms. The predicted octanol–water partition coefficient (Wildman–Crippen LogP) is 4.39. The summed E-state index contributed by atoms with van der Waals surface area (Å²) in [5.74, 6) is 0.750. The van der Waals surface area contributed by atoms with Crippen molar-refractivity contribution >= 4 is 28.6 Å². The van der Waals surface area contributed by atoms with E-state index >= 15 is 0 Å². The number of nitrogens with zero attached hydrogens (tertiary/aromatic N) is 6. The highest BCUT2D eigenvalue weighted by molar-refractivity contribution is 5.90. The normalized spacial score (nSPS) is 15.0. The van der Waals surface area contributed by atoms with Crippen LogP contribution in [0.5, 0.6) is 0 Å². The highest BCUT2D eigenvalue weighted by atomic mass is 19.3. The molecule has 2 aromatic heterocycles. The fraction of sp³-hybridized carbons (Fsp3) is 0.417. The zero-order chi connectivity index (χ0) is 25.3. The van der Waals surface area contributed by atoms with Crippen molar-refractivity contribution in [1.29, 1.82) is 0 Å². The minimum absolute atomic E-state index is 0.0244. The quantitative estimate of drug-likeness (QED) is 0.575. The molecule has 0 radical (unpaired) electrons. The Labute approximate surface area is 201 Å². The second-order valence-corrected chi connectivity index (χ2v) is 8.75. The number of urea groups is 1. The number of carbonyl (C=O) groups is 1. The Morgan fingerprint density at radius 1 is 1.11 bits per heavy atom. The number of pyridine rings is 1. The van der Waals surface area contributed by atoms with E-state index in [-0.39, 0.29) is 11.6 Å². The van der Waals surface area contributed by atoms with Crippen LogP contribution in [0.3, 0.4) is 0 Å². The minimum atomic E-state index is -2.90. The van der Waals surface area contributed by atoms with Crippen LogP contribution in [0.2, 0.25) is 0 Å². The molecule has 0 aliphatic carbocycles. The molecule has 1 saturated heterocycles. The summed E-state index contributed by atoms with van der Waals surface area (Å²) in [6.45, 7) is 5.82. The van der Waals surface area contributed by atoms with Crippen molar-refractivity contribution < 1.29 is 18.0 Å². The Morgan fingerprint density at radius 2 is 1.80 bits per heavy atom. The van der Waals surface area contributed by atoms with Crippen LogP contribution in [0, 0.1) is 12.7 Å². The van der Waals surface area contributed by atoms with E-state index < -0.39 is 23.8 Å². The number of rotatable bonds is 5. The van der Waals surface area contributed by atoms with Crippen molar-refractivity contribution in [1.82, 2.24) is 24.8 Å². The molecule has 3 heterocycles. The van der Waals surface area contributed by atoms with E-state index in [1.807, 2.05) is 6.07 Å². The topological polar surface area (TPSA) is 77.5 Å². The van der Waals surface area contributed by atoms with Gasteiger partial charge in [-0.3, -0.25) is 0 Å². The molecule has 1 atom stereocenters. The maximum atomic E-state index is 14.7. The molecule has 0 saturated carbocycles. The summed E-state index contributed by atoms with van der Waals surface area (Å²) in [5, 5.41) is 3.86. The molecule has 186 valence electrons. The molecule has 1 aromatic carbocycles. The predicted molar refractivity (Wildman–Crippen MR) is 128 cm³/mol. The average Bonchev–Trinajstić information content (AvgIpc) is 2.83. The third kappa shape index (κ3) is 5.08. The SMILES string of the molecule is Cc1nc(N[C@H](C)c2cccc(C(F)F)c2F)c2cc(N3CCN(C(=O)N(C)C)CC3)ncc2n1. The van der Waals surface area contributed by atoms with Crippen molar-refractivity contribution in [3.63, 3.8) is 0 Å². The number of fused-ring (bicyclic) bond motifs is 1. The lowest BCUT2D eigenvalue weighted by molar-refractivity contribution is 0.146. The molecule has 2 amide bonds. The monoisotopic (exact) mass is 487 g/mol. The van der Waals surface area contributed by atoms with Crippen LogP contribution in [-0.4, -0.2) is 71.1 Å². The summed E-state index contributed by atoms with van der Waals surface area (Å²) in [5.41, 5.74) is 0.112. The molecule has 0 spiro atoms. The largest absolute Gasteiger partial charge is 0.363 e. The van der Waals surface area contributed by atoms with Crippen molar-refractivity contribution in [3.05, 3.63) is 53.2 Å². The van der Waals surface area contributed by atoms with Crippen molar-refractivity contribution in [2.24, 2.45) is 0 Å². The van der Waals surface area contributed by atoms with Crippen LogP contribution in [0.4, 0.5) is 29.6 Å². The lowest BCUT2D eigenvalue weighted by atomic mass is 10.0. The Balaban J connectivity index is 1.60. The fourth-order valence-corrected chi connectivity index (χ4v) is 4.18. The van der Waals surface area contributed by atoms with Gasteiger partial charge >= 0.3 is 6.03 Å². The molecule has 1 N–H and O–H groups in total. The van der Waals surface area contributed by atoms with Gasteiger partial charge < -0.3 is 20.0 Å². The van der Waals surface area contributed by atoms with Crippen LogP contribution < -0.4 is 10.2 Å². The number of halogens is 3. The third-order valence-corrected chi connectivity index (χ3v) is 6.05. The van der Waals surface area contributed by atoms with Gasteiger partial charge in [-0.1, -0.05) is 18.2 Å². The summed E-state index contributed by atoms with van der Waals surface area (Å²) >= 11 is 0. The summed E-state index contributed by atoms with van der Waals surface area (Å²) in [4.78, 5) is 31.1. The molecule has 1 aliphatic heterocycles. The molecule has 3 aromatic rings. The van der Waals surface area contributed by atoms with Gasteiger partial charge in [0, 0.05) is 51.2 Å². The van der Waals surface area contributed by atoms with Gasteiger partial charge in [0.15, 0.2) is 0 Å². The number of amides is 2. The van der Waals surface area contributed by atoms with E-state index in [1.165, 1.54) is 12.1 Å². The number of nitrogens with one attached hydrogen (secondary N) is 1. The number of carbonyl (C=O) groups excluding carboxylic acids is 1. The third-order valence-electron chi connectivity index (χ3n) is 6.05. The number of anilines is 2. The Morgan fingerprint density at radius 3 is 2.46 bits per heavy atom. The molecule has 8 nitrogen and oxygen atoms in total. The zero-order valence-electron chi connectivity index (χ0n) is 20.1. The van der Waals surface area contributed by atoms with Crippen molar-refractivity contribution in [3.8, 4) is 0 Å². The Hall–Kier alpha value is -3.63. The van der Waals surface area contributed by atoms with E-state index in [1.54, 1.807) is 43.9 Å². The van der Waals surface area contributed by atoms with Gasteiger partial charge in [0.25, 0.3) is 6.43 Å². The molecule has 0 bridgehead atoms. The maximum absolute atomic E-state index is 14.7. The first kappa shape index (κ1) is 24.5. The summed E-state index contributed by atoms with van der Waals surface area (Å²) < 4.78 is 41.1. The number of piperazine rings is 1. The van der Waals surface area contributed by atoms with Crippen LogP contribution >= 0.6 is 0 Å². The highest BCUT2D eigenvalue weighted by Crippen LogP contribution is 2.31. The Kier molecular flexibility index (Phi) is 6.95. The van der Waals surface area contributed by atoms with Crippen LogP contribution in [0.15, 0.2) is 30.5 Å². The maximum Gasteiger partial charge on any atom is 0.319 e. The van der Waals surface area contributed by atoms with Gasteiger partial charge in [-0.2, -0.15) is 0 Å². The standard InChI is InChI=1S/C24H28F3N7O/c1-14(16-6-5-7-17(21(16)25)22(26)27)29-23-18-12-20(28-13-19(18)30-15(2)31-23)33-8-10-34(11-9-33)24(35)32(3)4/h5-7,12-14,22H,8-11H2,1-4H3,(H,29,30,31)/t14-/m1/s1. The van der Waals surface area contributed by atoms with E-state index in [2.05, 4.69) is 25.2 Å². The van der Waals surface area contributed by atoms with Gasteiger partial charge in [0.2, 0.25) is 0 Å². The van der Waals surface area contributed by atoms with E-state index in [4.69, 9.17) is 0 Å². The molecular weight excluding hydrogens is 459 g/mol. The number of aromatic nitrogens is 3. The van der Waals surface area contributed by atoms with Crippen molar-refractivity contribution in [2.75, 3.05) is 50.5 Å². The average molecular weight is 488 g/mol. The molecular formula is C24H28F3N7O. The Bertz CT molecular complexity index is 1230. The molecule has 0 unspecified atom stereocenters. The number of hydrogen-bond acceptors (Lipinski definition) is 6. The smallest absolute Gasteiger partial charge is 0.319 e. The zero-order valence-corrected chi connectivity index (χ0v) is 20.1. The van der Waals surface area contributed by atoms with E-state index in [0.29, 0.717) is 54.5 Å². The summed E-state index contributed by atoms with van der Waals surface area (Å²) in [6.07, 6.45) is -1.24. The minimum Gasteiger partial charge on any atom is -0.363 e. The van der Waals surface area contributed by atoms with E-state index in [0.717, 1.165) is 6.07 Å².